The maximum atomic E-state index is 12.7. The lowest BCUT2D eigenvalue weighted by atomic mass is 9.96. The smallest absolute Gasteiger partial charge is 0.258 e. The summed E-state index contributed by atoms with van der Waals surface area (Å²) >= 11 is 0. The van der Waals surface area contributed by atoms with Crippen LogP contribution in [0, 0.1) is 0 Å². The normalized spacial score (nSPS) is 14.5. The molecular weight excluding hydrogens is 258 g/mol. The maximum absolute atomic E-state index is 12.7. The van der Waals surface area contributed by atoms with Gasteiger partial charge in [0.25, 0.3) is 5.56 Å². The first-order chi connectivity index (χ1) is 10.3. The van der Waals surface area contributed by atoms with Crippen molar-refractivity contribution in [1.82, 2.24) is 4.57 Å². The molecule has 0 radical (unpaired) electrons. The van der Waals surface area contributed by atoms with Crippen LogP contribution in [-0.2, 0) is 7.05 Å². The zero-order chi connectivity index (χ0) is 14.4. The molecule has 1 saturated carbocycles. The molecule has 0 atom stereocenters. The Morgan fingerprint density at radius 1 is 0.905 bits per heavy atom. The average Bonchev–Trinajstić information content (AvgIpc) is 3.36. The Balaban J connectivity index is 2.17. The average molecular weight is 275 g/mol. The monoisotopic (exact) mass is 275 g/mol. The first-order valence-corrected chi connectivity index (χ1v) is 7.44. The highest BCUT2D eigenvalue weighted by Crippen LogP contribution is 2.46. The Hall–Kier alpha value is -2.35. The first kappa shape index (κ1) is 12.4. The summed E-state index contributed by atoms with van der Waals surface area (Å²) in [6.45, 7) is 0. The van der Waals surface area contributed by atoms with Gasteiger partial charge in [0.15, 0.2) is 0 Å². The fourth-order valence-corrected chi connectivity index (χ4v) is 3.23. The lowest BCUT2D eigenvalue weighted by Gasteiger charge is -2.17. The van der Waals surface area contributed by atoms with Gasteiger partial charge in [0.05, 0.1) is 5.69 Å². The van der Waals surface area contributed by atoms with Crippen molar-refractivity contribution >= 4 is 10.8 Å². The van der Waals surface area contributed by atoms with Crippen LogP contribution in [0.15, 0.2) is 59.4 Å². The van der Waals surface area contributed by atoms with E-state index in [9.17, 15) is 4.79 Å². The topological polar surface area (TPSA) is 22.0 Å². The molecule has 0 aliphatic heterocycles. The predicted octanol–water partition coefficient (Wildman–Crippen LogP) is 4.08. The van der Waals surface area contributed by atoms with E-state index in [1.165, 1.54) is 18.4 Å². The van der Waals surface area contributed by atoms with Gasteiger partial charge in [0, 0.05) is 12.4 Å². The molecule has 1 aliphatic carbocycles. The first-order valence-electron chi connectivity index (χ1n) is 7.44. The second kappa shape index (κ2) is 4.59. The summed E-state index contributed by atoms with van der Waals surface area (Å²) in [4.78, 5) is 12.7. The molecule has 0 unspecified atom stereocenters. The van der Waals surface area contributed by atoms with Gasteiger partial charge in [-0.15, -0.1) is 0 Å². The minimum atomic E-state index is 0.0915. The summed E-state index contributed by atoms with van der Waals surface area (Å²) < 4.78 is 1.82. The maximum Gasteiger partial charge on any atom is 0.258 e. The van der Waals surface area contributed by atoms with E-state index in [0.717, 1.165) is 22.0 Å². The molecule has 4 rings (SSSR count). The van der Waals surface area contributed by atoms with Crippen molar-refractivity contribution in [2.75, 3.05) is 0 Å². The molecule has 2 heteroatoms. The summed E-state index contributed by atoms with van der Waals surface area (Å²) in [6.07, 6.45) is 2.45. The van der Waals surface area contributed by atoms with Crippen molar-refractivity contribution in [2.24, 2.45) is 7.05 Å². The summed E-state index contributed by atoms with van der Waals surface area (Å²) in [6, 6.07) is 18.3. The van der Waals surface area contributed by atoms with Gasteiger partial charge in [-0.25, -0.2) is 0 Å². The Bertz CT molecular complexity index is 873. The van der Waals surface area contributed by atoms with Crippen LogP contribution in [0.2, 0.25) is 0 Å². The van der Waals surface area contributed by atoms with Crippen LogP contribution in [0.5, 0.6) is 0 Å². The van der Waals surface area contributed by atoms with Gasteiger partial charge in [-0.3, -0.25) is 4.79 Å². The Morgan fingerprint density at radius 2 is 1.52 bits per heavy atom. The molecule has 1 aromatic heterocycles. The number of fused-ring (bicyclic) bond motifs is 1. The molecular formula is C19H17NO. The van der Waals surface area contributed by atoms with Crippen LogP contribution in [0.1, 0.15) is 24.3 Å². The molecule has 3 aromatic rings. The molecule has 0 bridgehead atoms. The van der Waals surface area contributed by atoms with Crippen LogP contribution in [0.3, 0.4) is 0 Å². The Morgan fingerprint density at radius 3 is 2.19 bits per heavy atom. The number of hydrogen-bond acceptors (Lipinski definition) is 1. The summed E-state index contributed by atoms with van der Waals surface area (Å²) in [7, 11) is 1.89. The third kappa shape index (κ3) is 1.90. The molecule has 1 heterocycles. The molecule has 2 nitrogen and oxygen atoms in total. The van der Waals surface area contributed by atoms with Gasteiger partial charge in [-0.2, -0.15) is 0 Å². The van der Waals surface area contributed by atoms with Gasteiger partial charge < -0.3 is 4.57 Å². The fraction of sp³-hybridized carbons (Fsp3) is 0.211. The van der Waals surface area contributed by atoms with E-state index in [-0.39, 0.29) is 5.56 Å². The van der Waals surface area contributed by atoms with Gasteiger partial charge in [-0.1, -0.05) is 48.5 Å². The van der Waals surface area contributed by atoms with Crippen LogP contribution in [-0.4, -0.2) is 4.57 Å². The van der Waals surface area contributed by atoms with Crippen molar-refractivity contribution in [3.8, 4) is 11.3 Å². The molecule has 21 heavy (non-hydrogen) atoms. The van der Waals surface area contributed by atoms with Crippen molar-refractivity contribution in [1.29, 1.82) is 0 Å². The van der Waals surface area contributed by atoms with Gasteiger partial charge in [0.1, 0.15) is 0 Å². The van der Waals surface area contributed by atoms with E-state index in [1.54, 1.807) is 0 Å². The van der Waals surface area contributed by atoms with Crippen molar-refractivity contribution in [3.05, 3.63) is 70.5 Å². The van der Waals surface area contributed by atoms with Crippen molar-refractivity contribution < 1.29 is 0 Å². The largest absolute Gasteiger partial charge is 0.310 e. The van der Waals surface area contributed by atoms with Crippen molar-refractivity contribution in [3.63, 3.8) is 0 Å². The minimum Gasteiger partial charge on any atom is -0.310 e. The summed E-state index contributed by atoms with van der Waals surface area (Å²) in [5, 5.41) is 1.96. The van der Waals surface area contributed by atoms with Crippen molar-refractivity contribution in [2.45, 2.75) is 18.8 Å². The van der Waals surface area contributed by atoms with Gasteiger partial charge >= 0.3 is 0 Å². The van der Waals surface area contributed by atoms with E-state index in [4.69, 9.17) is 0 Å². The standard InChI is InChI=1S/C19H17NO/c1-20-18(14-7-3-2-4-8-14)17(13-11-12-13)15-9-5-6-10-16(15)19(20)21/h2-10,13H,11-12H2,1H3. The second-order valence-corrected chi connectivity index (χ2v) is 5.81. The third-order valence-corrected chi connectivity index (χ3v) is 4.38. The number of benzene rings is 2. The highest BCUT2D eigenvalue weighted by molar-refractivity contribution is 5.90. The van der Waals surface area contributed by atoms with E-state index < -0.39 is 0 Å². The molecule has 0 saturated heterocycles. The summed E-state index contributed by atoms with van der Waals surface area (Å²) in [5.41, 5.74) is 3.65. The SMILES string of the molecule is Cn1c(-c2ccccc2)c(C2CC2)c2ccccc2c1=O. The molecule has 0 N–H and O–H groups in total. The lowest BCUT2D eigenvalue weighted by Crippen LogP contribution is -2.20. The minimum absolute atomic E-state index is 0.0915. The number of hydrogen-bond donors (Lipinski definition) is 0. The number of pyridine rings is 1. The molecule has 1 fully saturated rings. The highest BCUT2D eigenvalue weighted by atomic mass is 16.1. The van der Waals surface area contributed by atoms with E-state index in [1.807, 2.05) is 48.0 Å². The molecule has 2 aromatic carbocycles. The number of rotatable bonds is 2. The van der Waals surface area contributed by atoms with E-state index in [0.29, 0.717) is 5.92 Å². The second-order valence-electron chi connectivity index (χ2n) is 5.81. The molecule has 1 aliphatic rings. The molecule has 0 amide bonds. The molecule has 0 spiro atoms. The molecule has 104 valence electrons. The Labute approximate surface area is 123 Å². The van der Waals surface area contributed by atoms with E-state index >= 15 is 0 Å². The number of nitrogens with zero attached hydrogens (tertiary/aromatic N) is 1. The van der Waals surface area contributed by atoms with Gasteiger partial charge in [0.2, 0.25) is 0 Å². The van der Waals surface area contributed by atoms with E-state index in [2.05, 4.69) is 18.2 Å². The zero-order valence-corrected chi connectivity index (χ0v) is 12.0. The van der Waals surface area contributed by atoms with Crippen LogP contribution < -0.4 is 5.56 Å². The third-order valence-electron chi connectivity index (χ3n) is 4.38. The zero-order valence-electron chi connectivity index (χ0n) is 12.0. The van der Waals surface area contributed by atoms with Gasteiger partial charge in [-0.05, 0) is 41.3 Å². The summed E-state index contributed by atoms with van der Waals surface area (Å²) in [5.74, 6) is 0.594. The number of aromatic nitrogens is 1. The predicted molar refractivity (Wildman–Crippen MR) is 86.6 cm³/mol. The van der Waals surface area contributed by atoms with Crippen LogP contribution >= 0.6 is 0 Å². The fourth-order valence-electron chi connectivity index (χ4n) is 3.23. The van der Waals surface area contributed by atoms with Crippen LogP contribution in [0.4, 0.5) is 0 Å². The quantitative estimate of drug-likeness (QED) is 0.690. The highest BCUT2D eigenvalue weighted by Gasteiger charge is 2.30. The Kier molecular flexibility index (Phi) is 2.71. The lowest BCUT2D eigenvalue weighted by molar-refractivity contribution is 0.866. The van der Waals surface area contributed by atoms with Crippen LogP contribution in [0.25, 0.3) is 22.0 Å².